The van der Waals surface area contributed by atoms with E-state index >= 15 is 0 Å². The molecule has 3 atom stereocenters. The highest BCUT2D eigenvalue weighted by molar-refractivity contribution is 5.82. The van der Waals surface area contributed by atoms with Gasteiger partial charge in [0.15, 0.2) is 0 Å². The molecule has 6 heteroatoms. The molecule has 0 bridgehead atoms. The minimum atomic E-state index is -0.987. The van der Waals surface area contributed by atoms with Crippen molar-refractivity contribution in [2.24, 2.45) is 5.73 Å². The molecule has 1 aliphatic rings. The molecule has 6 nitrogen and oxygen atoms in total. The van der Waals surface area contributed by atoms with Crippen molar-refractivity contribution < 1.29 is 19.8 Å². The highest BCUT2D eigenvalue weighted by atomic mass is 16.4. The van der Waals surface area contributed by atoms with Gasteiger partial charge in [-0.25, -0.2) is 0 Å². The van der Waals surface area contributed by atoms with Crippen LogP contribution in [0.2, 0.25) is 0 Å². The van der Waals surface area contributed by atoms with Crippen LogP contribution in [0.15, 0.2) is 24.3 Å². The van der Waals surface area contributed by atoms with Crippen LogP contribution < -0.4 is 11.1 Å². The number of aliphatic hydroxyl groups is 1. The van der Waals surface area contributed by atoms with Crippen LogP contribution in [0.5, 0.6) is 0 Å². The topological polar surface area (TPSA) is 113 Å². The summed E-state index contributed by atoms with van der Waals surface area (Å²) in [5, 5.41) is 21.3. The minimum absolute atomic E-state index is 0.0750. The van der Waals surface area contributed by atoms with Gasteiger partial charge in [0.25, 0.3) is 0 Å². The number of aliphatic hydroxyl groups excluding tert-OH is 1. The van der Waals surface area contributed by atoms with Crippen LogP contribution in [-0.2, 0) is 16.0 Å². The third-order valence-corrected chi connectivity index (χ3v) is 3.51. The van der Waals surface area contributed by atoms with Crippen LogP contribution in [0.3, 0.4) is 0 Å². The van der Waals surface area contributed by atoms with E-state index in [4.69, 9.17) is 10.8 Å². The number of aliphatic carboxylic acids is 1. The van der Waals surface area contributed by atoms with Crippen molar-refractivity contribution in [3.05, 3.63) is 35.4 Å². The zero-order valence-electron chi connectivity index (χ0n) is 11.0. The summed E-state index contributed by atoms with van der Waals surface area (Å²) < 4.78 is 0. The van der Waals surface area contributed by atoms with E-state index < -0.39 is 30.1 Å². The maximum Gasteiger partial charge on any atom is 0.303 e. The van der Waals surface area contributed by atoms with Crippen molar-refractivity contribution in [1.29, 1.82) is 0 Å². The van der Waals surface area contributed by atoms with Gasteiger partial charge >= 0.3 is 5.97 Å². The molecule has 0 heterocycles. The zero-order chi connectivity index (χ0) is 14.7. The van der Waals surface area contributed by atoms with Crippen molar-refractivity contribution in [3.63, 3.8) is 0 Å². The largest absolute Gasteiger partial charge is 0.481 e. The van der Waals surface area contributed by atoms with Crippen molar-refractivity contribution in [2.75, 3.05) is 0 Å². The number of nitrogens with two attached hydrogens (primary N) is 1. The monoisotopic (exact) mass is 278 g/mol. The Labute approximate surface area is 116 Å². The molecule has 1 aliphatic carbocycles. The lowest BCUT2D eigenvalue weighted by Crippen LogP contribution is -2.44. The highest BCUT2D eigenvalue weighted by Crippen LogP contribution is 2.31. The number of fused-ring (bicyclic) bond motifs is 1. The van der Waals surface area contributed by atoms with Gasteiger partial charge in [0, 0.05) is 12.8 Å². The van der Waals surface area contributed by atoms with Crippen molar-refractivity contribution in [1.82, 2.24) is 5.32 Å². The predicted molar refractivity (Wildman–Crippen MR) is 71.9 cm³/mol. The molecule has 0 fully saturated rings. The van der Waals surface area contributed by atoms with E-state index in [2.05, 4.69) is 5.32 Å². The molecule has 0 aliphatic heterocycles. The number of hydrogen-bond donors (Lipinski definition) is 4. The van der Waals surface area contributed by atoms with Gasteiger partial charge < -0.3 is 21.3 Å². The second-order valence-corrected chi connectivity index (χ2v) is 5.00. The van der Waals surface area contributed by atoms with Gasteiger partial charge in [-0.15, -0.1) is 0 Å². The van der Waals surface area contributed by atoms with Crippen LogP contribution in [0.25, 0.3) is 0 Å². The fourth-order valence-corrected chi connectivity index (χ4v) is 2.42. The predicted octanol–water partition coefficient (Wildman–Crippen LogP) is -0.0470. The summed E-state index contributed by atoms with van der Waals surface area (Å²) >= 11 is 0. The van der Waals surface area contributed by atoms with Crippen LogP contribution in [0, 0.1) is 0 Å². The lowest BCUT2D eigenvalue weighted by molar-refractivity contribution is -0.137. The lowest BCUT2D eigenvalue weighted by atomic mass is 10.1. The van der Waals surface area contributed by atoms with E-state index in [9.17, 15) is 14.7 Å². The first-order valence-corrected chi connectivity index (χ1v) is 6.52. The third kappa shape index (κ3) is 3.15. The Bertz CT molecular complexity index is 518. The second-order valence-electron chi connectivity index (χ2n) is 5.00. The van der Waals surface area contributed by atoms with Crippen molar-refractivity contribution >= 4 is 11.9 Å². The summed E-state index contributed by atoms with van der Waals surface area (Å²) in [7, 11) is 0. The van der Waals surface area contributed by atoms with Crippen molar-refractivity contribution in [2.45, 2.75) is 37.5 Å². The minimum Gasteiger partial charge on any atom is -0.481 e. The van der Waals surface area contributed by atoms with E-state index in [0.717, 1.165) is 11.1 Å². The van der Waals surface area contributed by atoms with E-state index in [-0.39, 0.29) is 12.8 Å². The van der Waals surface area contributed by atoms with Gasteiger partial charge in [0.1, 0.15) is 0 Å². The molecule has 0 aromatic heterocycles. The maximum absolute atomic E-state index is 11.9. The number of rotatable bonds is 5. The number of nitrogens with one attached hydrogen (secondary N) is 1. The first-order chi connectivity index (χ1) is 9.49. The average molecular weight is 278 g/mol. The molecule has 0 saturated heterocycles. The molecular weight excluding hydrogens is 260 g/mol. The normalized spacial score (nSPS) is 22.1. The van der Waals surface area contributed by atoms with Crippen LogP contribution in [-0.4, -0.2) is 34.2 Å². The van der Waals surface area contributed by atoms with E-state index in [0.29, 0.717) is 6.42 Å². The number of carbonyl (C=O) groups excluding carboxylic acids is 1. The van der Waals surface area contributed by atoms with Gasteiger partial charge in [-0.05, 0) is 17.5 Å². The number of amides is 1. The molecule has 2 rings (SSSR count). The molecule has 108 valence electrons. The highest BCUT2D eigenvalue weighted by Gasteiger charge is 2.32. The standard InChI is InChI=1S/C14H18N2O4/c15-10(5-6-12(18)19)14(20)16-13-9-4-2-1-3-8(9)7-11(13)17/h1-4,10-11,13,17H,5-7,15H2,(H,16,20)(H,18,19)/t10?,11-,13+/m0/s1. The number of benzene rings is 1. The summed E-state index contributed by atoms with van der Waals surface area (Å²) in [4.78, 5) is 22.4. The fraction of sp³-hybridized carbons (Fsp3) is 0.429. The van der Waals surface area contributed by atoms with E-state index in [1.54, 1.807) is 0 Å². The summed E-state index contributed by atoms with van der Waals surface area (Å²) in [6, 6.07) is 6.14. The SMILES string of the molecule is NC(CCC(=O)O)C(=O)N[C@@H]1c2ccccc2C[C@@H]1O. The third-order valence-electron chi connectivity index (χ3n) is 3.51. The van der Waals surface area contributed by atoms with Gasteiger partial charge in [-0.1, -0.05) is 24.3 Å². The van der Waals surface area contributed by atoms with E-state index in [1.807, 2.05) is 24.3 Å². The molecule has 0 spiro atoms. The quantitative estimate of drug-likeness (QED) is 0.603. The Morgan fingerprint density at radius 2 is 2.10 bits per heavy atom. The van der Waals surface area contributed by atoms with E-state index in [1.165, 1.54) is 0 Å². The number of carbonyl (C=O) groups is 2. The first-order valence-electron chi connectivity index (χ1n) is 6.52. The van der Waals surface area contributed by atoms with Crippen LogP contribution in [0.1, 0.15) is 30.0 Å². The molecule has 1 amide bonds. The Morgan fingerprint density at radius 1 is 1.40 bits per heavy atom. The zero-order valence-corrected chi connectivity index (χ0v) is 11.0. The molecule has 1 aromatic carbocycles. The van der Waals surface area contributed by atoms with Crippen LogP contribution in [0.4, 0.5) is 0 Å². The van der Waals surface area contributed by atoms with Gasteiger partial charge in [0.05, 0.1) is 18.2 Å². The number of hydrogen-bond acceptors (Lipinski definition) is 4. The van der Waals surface area contributed by atoms with Crippen molar-refractivity contribution in [3.8, 4) is 0 Å². The molecule has 0 saturated carbocycles. The molecule has 1 aromatic rings. The molecule has 1 unspecified atom stereocenters. The summed E-state index contributed by atoms with van der Waals surface area (Å²) in [5.74, 6) is -1.42. The average Bonchev–Trinajstić information content (AvgIpc) is 2.72. The molecule has 5 N–H and O–H groups in total. The first kappa shape index (κ1) is 14.5. The number of carboxylic acid groups (broad SMARTS) is 1. The van der Waals surface area contributed by atoms with Gasteiger partial charge in [-0.3, -0.25) is 9.59 Å². The molecule has 20 heavy (non-hydrogen) atoms. The fourth-order valence-electron chi connectivity index (χ4n) is 2.42. The number of carboxylic acids is 1. The Balaban J connectivity index is 1.99. The molecule has 0 radical (unpaired) electrons. The Hall–Kier alpha value is -1.92. The summed E-state index contributed by atoms with van der Waals surface area (Å²) in [5.41, 5.74) is 7.54. The van der Waals surface area contributed by atoms with Crippen LogP contribution >= 0.6 is 0 Å². The maximum atomic E-state index is 11.9. The smallest absolute Gasteiger partial charge is 0.303 e. The summed E-state index contributed by atoms with van der Waals surface area (Å²) in [6.07, 6.45) is -0.266. The van der Waals surface area contributed by atoms with Gasteiger partial charge in [-0.2, -0.15) is 0 Å². The summed E-state index contributed by atoms with van der Waals surface area (Å²) in [6.45, 7) is 0. The Kier molecular flexibility index (Phi) is 4.36. The lowest BCUT2D eigenvalue weighted by Gasteiger charge is -2.20. The molecular formula is C14H18N2O4. The Morgan fingerprint density at radius 3 is 2.80 bits per heavy atom. The second kappa shape index (κ2) is 6.02. The van der Waals surface area contributed by atoms with Gasteiger partial charge in [0.2, 0.25) is 5.91 Å².